The maximum Gasteiger partial charge on any atom is 0.183 e. The van der Waals surface area contributed by atoms with Crippen molar-refractivity contribution in [3.05, 3.63) is 23.3 Å². The molecule has 120 valence electrons. The Morgan fingerprint density at radius 1 is 1.14 bits per heavy atom. The van der Waals surface area contributed by atoms with Gasteiger partial charge in [-0.15, -0.1) is 0 Å². The van der Waals surface area contributed by atoms with Crippen LogP contribution in [0.4, 0.5) is 0 Å². The molecular formula is C16H26O3S2. The Morgan fingerprint density at radius 3 is 2.24 bits per heavy atom. The normalized spacial score (nSPS) is 33.5. The van der Waals surface area contributed by atoms with Crippen LogP contribution in [-0.2, 0) is 9.47 Å². The van der Waals surface area contributed by atoms with Crippen LogP contribution in [0.2, 0.25) is 0 Å². The average Bonchev–Trinajstić information content (AvgIpc) is 2.67. The highest BCUT2D eigenvalue weighted by molar-refractivity contribution is 8.75. The second-order valence-electron chi connectivity index (χ2n) is 7.86. The van der Waals surface area contributed by atoms with E-state index in [1.54, 1.807) is 0 Å². The first-order chi connectivity index (χ1) is 9.50. The summed E-state index contributed by atoms with van der Waals surface area (Å²) in [5.74, 6) is 0. The van der Waals surface area contributed by atoms with Crippen molar-refractivity contribution >= 4 is 21.9 Å². The van der Waals surface area contributed by atoms with Gasteiger partial charge in [0.1, 0.15) is 5.60 Å². The Morgan fingerprint density at radius 2 is 1.76 bits per heavy atom. The van der Waals surface area contributed by atoms with Gasteiger partial charge in [0.05, 0.1) is 11.1 Å². The van der Waals surface area contributed by atoms with Gasteiger partial charge in [0.25, 0.3) is 0 Å². The van der Waals surface area contributed by atoms with Crippen molar-refractivity contribution in [1.82, 2.24) is 0 Å². The molecule has 0 spiro atoms. The minimum absolute atomic E-state index is 0.0809. The van der Waals surface area contributed by atoms with Crippen LogP contribution in [0.25, 0.3) is 0 Å². The predicted molar refractivity (Wildman–Crippen MR) is 91.1 cm³/mol. The van der Waals surface area contributed by atoms with Crippen molar-refractivity contribution in [3.63, 3.8) is 0 Å². The number of hydrogen-bond donors (Lipinski definition) is 1. The summed E-state index contributed by atoms with van der Waals surface area (Å²) in [6.07, 6.45) is 4.35. The highest BCUT2D eigenvalue weighted by atomic mass is 33.1. The van der Waals surface area contributed by atoms with Gasteiger partial charge >= 0.3 is 0 Å². The van der Waals surface area contributed by atoms with Crippen LogP contribution in [0.1, 0.15) is 48.5 Å². The number of rotatable bonds is 2. The maximum absolute atomic E-state index is 9.59. The predicted octanol–water partition coefficient (Wildman–Crippen LogP) is 5.26. The van der Waals surface area contributed by atoms with Crippen LogP contribution in [0.15, 0.2) is 23.3 Å². The summed E-state index contributed by atoms with van der Waals surface area (Å²) in [4.78, 5) is -0.706. The summed E-state index contributed by atoms with van der Waals surface area (Å²) < 4.78 is 21.9. The fourth-order valence-corrected chi connectivity index (χ4v) is 5.63. The SMILES string of the molecule is CC1=CC2(C(C)(C)C)OCOC2(SSO)C(C(C)(C)C)=C1. The fraction of sp³-hybridized carbons (Fsp3) is 0.750. The fourth-order valence-electron chi connectivity index (χ4n) is 3.33. The zero-order valence-electron chi connectivity index (χ0n) is 13.9. The first-order valence-corrected chi connectivity index (χ1v) is 9.30. The Bertz CT molecular complexity index is 485. The molecule has 2 atom stereocenters. The van der Waals surface area contributed by atoms with Crippen molar-refractivity contribution < 1.29 is 14.0 Å². The average molecular weight is 331 g/mol. The molecule has 5 heteroatoms. The number of hydrogen-bond acceptors (Lipinski definition) is 5. The molecule has 0 aromatic rings. The van der Waals surface area contributed by atoms with Crippen molar-refractivity contribution in [2.45, 2.75) is 59.0 Å². The van der Waals surface area contributed by atoms with Gasteiger partial charge in [-0.25, -0.2) is 0 Å². The molecule has 21 heavy (non-hydrogen) atoms. The largest absolute Gasteiger partial charge is 0.340 e. The lowest BCUT2D eigenvalue weighted by Gasteiger charge is -2.53. The number of allylic oxidation sites excluding steroid dienone is 2. The Balaban J connectivity index is 2.73. The van der Waals surface area contributed by atoms with E-state index < -0.39 is 10.5 Å². The molecule has 3 nitrogen and oxygen atoms in total. The van der Waals surface area contributed by atoms with Crippen molar-refractivity contribution in [3.8, 4) is 0 Å². The second kappa shape index (κ2) is 5.31. The van der Waals surface area contributed by atoms with Gasteiger partial charge in [-0.1, -0.05) is 53.2 Å². The van der Waals surface area contributed by atoms with Crippen LogP contribution in [0, 0.1) is 10.8 Å². The van der Waals surface area contributed by atoms with Gasteiger partial charge in [0.2, 0.25) is 0 Å². The second-order valence-corrected chi connectivity index (χ2v) is 9.70. The molecule has 0 bridgehead atoms. The van der Waals surface area contributed by atoms with Crippen LogP contribution in [0.3, 0.4) is 0 Å². The molecule has 0 saturated carbocycles. The zero-order valence-corrected chi connectivity index (χ0v) is 15.6. The quantitative estimate of drug-likeness (QED) is 0.552. The molecule has 2 unspecified atom stereocenters. The molecule has 2 aliphatic rings. The first-order valence-electron chi connectivity index (χ1n) is 7.19. The summed E-state index contributed by atoms with van der Waals surface area (Å²) in [7, 11) is 1.35. The molecule has 1 fully saturated rings. The van der Waals surface area contributed by atoms with E-state index in [9.17, 15) is 4.55 Å². The molecule has 1 heterocycles. The molecule has 1 aliphatic heterocycles. The molecule has 0 aromatic carbocycles. The Kier molecular flexibility index (Phi) is 4.40. The summed E-state index contributed by atoms with van der Waals surface area (Å²) in [6, 6.07) is 0. The molecule has 1 N–H and O–H groups in total. The van der Waals surface area contributed by atoms with Gasteiger partial charge in [0, 0.05) is 0 Å². The molecule has 1 aliphatic carbocycles. The van der Waals surface area contributed by atoms with Crippen molar-refractivity contribution in [2.24, 2.45) is 10.8 Å². The maximum atomic E-state index is 9.59. The first kappa shape index (κ1) is 17.4. The zero-order chi connectivity index (χ0) is 16.1. The molecular weight excluding hydrogens is 304 g/mol. The lowest BCUT2D eigenvalue weighted by Crippen LogP contribution is -2.60. The van der Waals surface area contributed by atoms with Gasteiger partial charge in [-0.3, -0.25) is 0 Å². The van der Waals surface area contributed by atoms with E-state index in [0.717, 1.165) is 16.6 Å². The van der Waals surface area contributed by atoms with Gasteiger partial charge in [0.15, 0.2) is 11.7 Å². The number of ether oxygens (including phenoxy) is 2. The molecule has 0 aromatic heterocycles. The third-order valence-electron chi connectivity index (χ3n) is 4.27. The smallest absolute Gasteiger partial charge is 0.183 e. The topological polar surface area (TPSA) is 38.7 Å². The van der Waals surface area contributed by atoms with E-state index >= 15 is 0 Å². The summed E-state index contributed by atoms with van der Waals surface area (Å²) in [5, 5.41) is 0. The van der Waals surface area contributed by atoms with Gasteiger partial charge in [-0.05, 0) is 40.2 Å². The van der Waals surface area contributed by atoms with Crippen LogP contribution >= 0.6 is 21.9 Å². The van der Waals surface area contributed by atoms with E-state index in [1.807, 2.05) is 0 Å². The van der Waals surface area contributed by atoms with E-state index in [1.165, 1.54) is 16.4 Å². The molecule has 1 saturated heterocycles. The lowest BCUT2D eigenvalue weighted by molar-refractivity contribution is -0.0514. The highest BCUT2D eigenvalue weighted by Gasteiger charge is 2.67. The molecule has 2 rings (SSSR count). The summed E-state index contributed by atoms with van der Waals surface area (Å²) in [5.41, 5.74) is 1.50. The molecule has 0 amide bonds. The molecule has 0 radical (unpaired) electrons. The minimum Gasteiger partial charge on any atom is -0.340 e. The minimum atomic E-state index is -0.706. The monoisotopic (exact) mass is 330 g/mol. The highest BCUT2D eigenvalue weighted by Crippen LogP contribution is 2.64. The van der Waals surface area contributed by atoms with Crippen LogP contribution in [-0.4, -0.2) is 21.9 Å². The summed E-state index contributed by atoms with van der Waals surface area (Å²) in [6.45, 7) is 15.4. The Labute approximate surface area is 136 Å². The van der Waals surface area contributed by atoms with Crippen LogP contribution < -0.4 is 0 Å². The van der Waals surface area contributed by atoms with Crippen molar-refractivity contribution in [1.29, 1.82) is 0 Å². The van der Waals surface area contributed by atoms with Gasteiger partial charge < -0.3 is 14.0 Å². The van der Waals surface area contributed by atoms with E-state index in [2.05, 4.69) is 60.6 Å². The number of fused-ring (bicyclic) bond motifs is 1. The van der Waals surface area contributed by atoms with Crippen LogP contribution in [0.5, 0.6) is 0 Å². The Hall–Kier alpha value is 0.0600. The summed E-state index contributed by atoms with van der Waals surface area (Å²) >= 11 is 0.753. The van der Waals surface area contributed by atoms with Crippen molar-refractivity contribution in [2.75, 3.05) is 6.79 Å². The van der Waals surface area contributed by atoms with E-state index in [0.29, 0.717) is 0 Å². The van der Waals surface area contributed by atoms with Gasteiger partial charge in [-0.2, -0.15) is 0 Å². The third-order valence-corrected chi connectivity index (χ3v) is 6.15. The van der Waals surface area contributed by atoms with E-state index in [4.69, 9.17) is 9.47 Å². The standard InChI is InChI=1S/C16H26O3S2/c1-11-8-12(13(2,3)4)16(20-21-17)15(9-11,14(5,6)7)18-10-19-16/h8-9,17H,10H2,1-7H3. The van der Waals surface area contributed by atoms with E-state index in [-0.39, 0.29) is 17.6 Å². The lowest BCUT2D eigenvalue weighted by atomic mass is 9.64. The third kappa shape index (κ3) is 2.51.